The zero-order valence-electron chi connectivity index (χ0n) is 10.6. The highest BCUT2D eigenvalue weighted by Crippen LogP contribution is 2.09. The predicted molar refractivity (Wildman–Crippen MR) is 70.3 cm³/mol. The molecule has 0 saturated carbocycles. The van der Waals surface area contributed by atoms with Gasteiger partial charge in [-0.3, -0.25) is 4.68 Å². The zero-order valence-corrected chi connectivity index (χ0v) is 10.6. The molecule has 1 N–H and O–H groups in total. The molecule has 0 bridgehead atoms. The van der Waals surface area contributed by atoms with Crippen LogP contribution in [0.25, 0.3) is 0 Å². The van der Waals surface area contributed by atoms with Crippen molar-refractivity contribution in [1.29, 1.82) is 0 Å². The molecule has 2 aromatic heterocycles. The Bertz CT molecular complexity index is 485. The first kappa shape index (κ1) is 12.3. The van der Waals surface area contributed by atoms with E-state index in [-0.39, 0.29) is 0 Å². The van der Waals surface area contributed by atoms with Gasteiger partial charge in [-0.1, -0.05) is 11.3 Å². The fourth-order valence-electron chi connectivity index (χ4n) is 1.78. The van der Waals surface area contributed by atoms with Crippen molar-refractivity contribution in [2.75, 3.05) is 11.9 Å². The number of aromatic nitrogens is 5. The summed E-state index contributed by atoms with van der Waals surface area (Å²) >= 11 is 0. The molecule has 0 unspecified atom stereocenters. The molecule has 0 aliphatic heterocycles. The van der Waals surface area contributed by atoms with Gasteiger partial charge in [0.1, 0.15) is 0 Å². The molecule has 0 saturated heterocycles. The van der Waals surface area contributed by atoms with Gasteiger partial charge in [0, 0.05) is 32.0 Å². The first-order valence-electron chi connectivity index (χ1n) is 6.02. The number of aryl methyl sites for hydroxylation is 3. The Balaban J connectivity index is 1.89. The van der Waals surface area contributed by atoms with Crippen molar-refractivity contribution in [2.24, 2.45) is 0 Å². The second kappa shape index (κ2) is 6.00. The van der Waals surface area contributed by atoms with Gasteiger partial charge in [-0.05, 0) is 13.3 Å². The Morgan fingerprint density at radius 3 is 3.06 bits per heavy atom. The van der Waals surface area contributed by atoms with Gasteiger partial charge in [0.15, 0.2) is 0 Å². The number of hydrogen-bond acceptors (Lipinski definition) is 4. The highest BCUT2D eigenvalue weighted by molar-refractivity contribution is 5.29. The smallest absolute Gasteiger partial charge is 0.203 e. The summed E-state index contributed by atoms with van der Waals surface area (Å²) in [5, 5.41) is 10.9. The minimum Gasteiger partial charge on any atom is -0.352 e. The van der Waals surface area contributed by atoms with E-state index in [0.717, 1.165) is 37.7 Å². The number of imidazole rings is 1. The fraction of sp³-hybridized carbons (Fsp3) is 0.417. The summed E-state index contributed by atoms with van der Waals surface area (Å²) in [6.07, 6.45) is 8.42. The number of anilines is 1. The Morgan fingerprint density at radius 1 is 1.44 bits per heavy atom. The molecule has 0 aromatic carbocycles. The molecule has 18 heavy (non-hydrogen) atoms. The van der Waals surface area contributed by atoms with Crippen LogP contribution in [0.4, 0.5) is 5.95 Å². The van der Waals surface area contributed by atoms with E-state index in [9.17, 15) is 0 Å². The molecular weight excluding hydrogens is 228 g/mol. The van der Waals surface area contributed by atoms with Crippen LogP contribution < -0.4 is 5.32 Å². The summed E-state index contributed by atoms with van der Waals surface area (Å²) in [5.74, 6) is 0.894. The third-order valence-corrected chi connectivity index (χ3v) is 2.56. The molecule has 6 heteroatoms. The van der Waals surface area contributed by atoms with E-state index in [4.69, 9.17) is 0 Å². The lowest BCUT2D eigenvalue weighted by molar-refractivity contribution is 0.516. The van der Waals surface area contributed by atoms with Crippen molar-refractivity contribution in [3.63, 3.8) is 0 Å². The standard InChI is InChI=1S/C12H18N6/c1-3-5-13-12-15-11(2)10-17(12)7-4-8-18-9-6-14-16-18/h3,6,9-10H,1,4-5,7-8H2,2H3,(H,13,15). The monoisotopic (exact) mass is 246 g/mol. The second-order valence-electron chi connectivity index (χ2n) is 4.09. The van der Waals surface area contributed by atoms with Gasteiger partial charge >= 0.3 is 0 Å². The molecule has 0 radical (unpaired) electrons. The largest absolute Gasteiger partial charge is 0.352 e. The van der Waals surface area contributed by atoms with Crippen LogP contribution in [0.5, 0.6) is 0 Å². The summed E-state index contributed by atoms with van der Waals surface area (Å²) in [7, 11) is 0. The Kier molecular flexibility index (Phi) is 4.11. The van der Waals surface area contributed by atoms with Crippen LogP contribution in [0.1, 0.15) is 12.1 Å². The minimum atomic E-state index is 0.722. The van der Waals surface area contributed by atoms with Gasteiger partial charge in [-0.15, -0.1) is 11.7 Å². The minimum absolute atomic E-state index is 0.722. The molecule has 2 aromatic rings. The van der Waals surface area contributed by atoms with Crippen molar-refractivity contribution in [2.45, 2.75) is 26.4 Å². The molecule has 2 heterocycles. The first-order chi connectivity index (χ1) is 8.79. The van der Waals surface area contributed by atoms with E-state index >= 15 is 0 Å². The zero-order chi connectivity index (χ0) is 12.8. The predicted octanol–water partition coefficient (Wildman–Crippen LogP) is 1.47. The third-order valence-electron chi connectivity index (χ3n) is 2.56. The average molecular weight is 246 g/mol. The van der Waals surface area contributed by atoms with E-state index in [0.29, 0.717) is 0 Å². The third kappa shape index (κ3) is 3.19. The first-order valence-corrected chi connectivity index (χ1v) is 6.02. The van der Waals surface area contributed by atoms with Crippen molar-refractivity contribution in [1.82, 2.24) is 24.5 Å². The normalized spacial score (nSPS) is 10.5. The number of nitrogens with one attached hydrogen (secondary N) is 1. The van der Waals surface area contributed by atoms with E-state index in [2.05, 4.69) is 31.8 Å². The van der Waals surface area contributed by atoms with Crippen LogP contribution in [0, 0.1) is 6.92 Å². The summed E-state index contributed by atoms with van der Waals surface area (Å²) in [5.41, 5.74) is 1.02. The number of rotatable bonds is 7. The van der Waals surface area contributed by atoms with Crippen LogP contribution in [0.15, 0.2) is 31.2 Å². The van der Waals surface area contributed by atoms with E-state index in [1.807, 2.05) is 30.1 Å². The molecule has 0 spiro atoms. The molecule has 6 nitrogen and oxygen atoms in total. The van der Waals surface area contributed by atoms with Crippen molar-refractivity contribution >= 4 is 5.95 Å². The van der Waals surface area contributed by atoms with E-state index < -0.39 is 0 Å². The van der Waals surface area contributed by atoms with Gasteiger partial charge in [-0.25, -0.2) is 4.98 Å². The highest BCUT2D eigenvalue weighted by Gasteiger charge is 2.04. The molecule has 96 valence electrons. The van der Waals surface area contributed by atoms with E-state index in [1.165, 1.54) is 0 Å². The molecule has 0 atom stereocenters. The highest BCUT2D eigenvalue weighted by atomic mass is 15.4. The Morgan fingerprint density at radius 2 is 2.33 bits per heavy atom. The maximum Gasteiger partial charge on any atom is 0.203 e. The molecule has 0 fully saturated rings. The molecule has 0 aliphatic carbocycles. The Hall–Kier alpha value is -2.11. The quantitative estimate of drug-likeness (QED) is 0.752. The molecule has 2 rings (SSSR count). The van der Waals surface area contributed by atoms with E-state index in [1.54, 1.807) is 6.20 Å². The molecular formula is C12H18N6. The van der Waals surface area contributed by atoms with Gasteiger partial charge in [-0.2, -0.15) is 0 Å². The van der Waals surface area contributed by atoms with Crippen LogP contribution in [-0.2, 0) is 13.1 Å². The van der Waals surface area contributed by atoms with Gasteiger partial charge in [0.25, 0.3) is 0 Å². The Labute approximate surface area is 106 Å². The summed E-state index contributed by atoms with van der Waals surface area (Å²) in [4.78, 5) is 4.43. The summed E-state index contributed by atoms with van der Waals surface area (Å²) in [6.45, 7) is 8.17. The fourth-order valence-corrected chi connectivity index (χ4v) is 1.78. The van der Waals surface area contributed by atoms with Crippen molar-refractivity contribution in [3.05, 3.63) is 36.9 Å². The van der Waals surface area contributed by atoms with Gasteiger partial charge < -0.3 is 9.88 Å². The summed E-state index contributed by atoms with van der Waals surface area (Å²) in [6, 6.07) is 0. The van der Waals surface area contributed by atoms with Gasteiger partial charge in [0.05, 0.1) is 11.9 Å². The lowest BCUT2D eigenvalue weighted by Crippen LogP contribution is -2.09. The average Bonchev–Trinajstić information content (AvgIpc) is 2.97. The van der Waals surface area contributed by atoms with Crippen molar-refractivity contribution < 1.29 is 0 Å². The maximum atomic E-state index is 4.43. The van der Waals surface area contributed by atoms with Crippen LogP contribution in [0.3, 0.4) is 0 Å². The lowest BCUT2D eigenvalue weighted by atomic mass is 10.4. The molecule has 0 aliphatic rings. The van der Waals surface area contributed by atoms with Crippen LogP contribution in [-0.4, -0.2) is 31.1 Å². The summed E-state index contributed by atoms with van der Waals surface area (Å²) < 4.78 is 3.95. The second-order valence-corrected chi connectivity index (χ2v) is 4.09. The topological polar surface area (TPSA) is 60.6 Å². The SMILES string of the molecule is C=CCNc1nc(C)cn1CCCn1ccnn1. The number of hydrogen-bond donors (Lipinski definition) is 1. The van der Waals surface area contributed by atoms with Crippen LogP contribution >= 0.6 is 0 Å². The lowest BCUT2D eigenvalue weighted by Gasteiger charge is -2.08. The maximum absolute atomic E-state index is 4.43. The van der Waals surface area contributed by atoms with Crippen LogP contribution in [0.2, 0.25) is 0 Å². The van der Waals surface area contributed by atoms with Crippen molar-refractivity contribution in [3.8, 4) is 0 Å². The molecule has 0 amide bonds. The number of nitrogens with zero attached hydrogens (tertiary/aromatic N) is 5. The van der Waals surface area contributed by atoms with Gasteiger partial charge in [0.2, 0.25) is 5.95 Å².